The van der Waals surface area contributed by atoms with Crippen LogP contribution in [0, 0.1) is 0 Å². The summed E-state index contributed by atoms with van der Waals surface area (Å²) >= 11 is 0. The van der Waals surface area contributed by atoms with Gasteiger partial charge in [0.05, 0.1) is 13.2 Å². The average Bonchev–Trinajstić information content (AvgIpc) is 2.01. The highest BCUT2D eigenvalue weighted by atomic mass is 16.6. The van der Waals surface area contributed by atoms with Crippen molar-refractivity contribution >= 4 is 5.91 Å². The van der Waals surface area contributed by atoms with Crippen LogP contribution in [0.5, 0.6) is 0 Å². The number of aliphatic hydroxyl groups excluding tert-OH is 1. The van der Waals surface area contributed by atoms with Gasteiger partial charge in [-0.15, -0.1) is 0 Å². The zero-order chi connectivity index (χ0) is 10.1. The standard InChI is InChI=1S/C8H15NO4/c1-8(2,12)7(11)9-3-4-13-6(10)5-9/h6,10,12H,3-5H2,1-2H3. The van der Waals surface area contributed by atoms with E-state index in [2.05, 4.69) is 0 Å². The van der Waals surface area contributed by atoms with E-state index in [9.17, 15) is 9.90 Å². The van der Waals surface area contributed by atoms with Gasteiger partial charge in [-0.25, -0.2) is 0 Å². The number of β-amino-alcohol motifs (C(OH)–C–C–N with tert-alkyl or cyclic N) is 1. The fourth-order valence-electron chi connectivity index (χ4n) is 1.20. The fourth-order valence-corrected chi connectivity index (χ4v) is 1.20. The van der Waals surface area contributed by atoms with Crippen LogP contribution in [-0.2, 0) is 9.53 Å². The molecule has 0 radical (unpaired) electrons. The average molecular weight is 189 g/mol. The third kappa shape index (κ3) is 2.65. The van der Waals surface area contributed by atoms with E-state index < -0.39 is 11.9 Å². The van der Waals surface area contributed by atoms with Gasteiger partial charge in [0.2, 0.25) is 0 Å². The van der Waals surface area contributed by atoms with Crippen LogP contribution in [-0.4, -0.2) is 52.6 Å². The van der Waals surface area contributed by atoms with Gasteiger partial charge in [-0.1, -0.05) is 0 Å². The molecule has 1 amide bonds. The van der Waals surface area contributed by atoms with Gasteiger partial charge < -0.3 is 19.8 Å². The smallest absolute Gasteiger partial charge is 0.254 e. The summed E-state index contributed by atoms with van der Waals surface area (Å²) in [5.74, 6) is -0.380. The Morgan fingerprint density at radius 1 is 1.62 bits per heavy atom. The van der Waals surface area contributed by atoms with Crippen LogP contribution in [0.3, 0.4) is 0 Å². The summed E-state index contributed by atoms with van der Waals surface area (Å²) in [6.07, 6.45) is -0.931. The van der Waals surface area contributed by atoms with Crippen molar-refractivity contribution in [2.75, 3.05) is 19.7 Å². The zero-order valence-corrected chi connectivity index (χ0v) is 7.86. The van der Waals surface area contributed by atoms with E-state index in [4.69, 9.17) is 9.84 Å². The lowest BCUT2D eigenvalue weighted by Gasteiger charge is -2.33. The number of carbonyl (C=O) groups excluding carboxylic acids is 1. The van der Waals surface area contributed by atoms with E-state index in [0.29, 0.717) is 13.2 Å². The monoisotopic (exact) mass is 189 g/mol. The van der Waals surface area contributed by atoms with Crippen LogP contribution in [0.2, 0.25) is 0 Å². The van der Waals surface area contributed by atoms with Crippen molar-refractivity contribution in [1.82, 2.24) is 4.90 Å². The molecule has 0 aromatic rings. The summed E-state index contributed by atoms with van der Waals surface area (Å²) in [4.78, 5) is 12.9. The molecule has 0 bridgehead atoms. The van der Waals surface area contributed by atoms with Crippen molar-refractivity contribution in [3.8, 4) is 0 Å². The lowest BCUT2D eigenvalue weighted by Crippen LogP contribution is -2.52. The van der Waals surface area contributed by atoms with Crippen molar-refractivity contribution in [3.63, 3.8) is 0 Å². The zero-order valence-electron chi connectivity index (χ0n) is 7.86. The van der Waals surface area contributed by atoms with E-state index in [0.717, 1.165) is 0 Å². The van der Waals surface area contributed by atoms with E-state index in [1.807, 2.05) is 0 Å². The molecular weight excluding hydrogens is 174 g/mol. The summed E-state index contributed by atoms with van der Waals surface area (Å²) in [6, 6.07) is 0. The van der Waals surface area contributed by atoms with Crippen molar-refractivity contribution in [3.05, 3.63) is 0 Å². The molecule has 0 aromatic carbocycles. The number of ether oxygens (including phenoxy) is 1. The Morgan fingerprint density at radius 2 is 2.23 bits per heavy atom. The molecule has 1 unspecified atom stereocenters. The fraction of sp³-hybridized carbons (Fsp3) is 0.875. The number of hydrogen-bond acceptors (Lipinski definition) is 4. The van der Waals surface area contributed by atoms with Crippen LogP contribution in [0.4, 0.5) is 0 Å². The minimum absolute atomic E-state index is 0.128. The largest absolute Gasteiger partial charge is 0.381 e. The Balaban J connectivity index is 2.56. The highest BCUT2D eigenvalue weighted by Gasteiger charge is 2.32. The SMILES string of the molecule is CC(C)(O)C(=O)N1CCOC(O)C1. The summed E-state index contributed by atoms with van der Waals surface area (Å²) in [6.45, 7) is 3.71. The molecule has 1 heterocycles. The molecule has 0 aromatic heterocycles. The maximum Gasteiger partial charge on any atom is 0.254 e. The number of morpholine rings is 1. The summed E-state index contributed by atoms with van der Waals surface area (Å²) in [5, 5.41) is 18.5. The number of hydrogen-bond donors (Lipinski definition) is 2. The first-order chi connectivity index (χ1) is 5.91. The first kappa shape index (κ1) is 10.4. The predicted molar refractivity (Wildman–Crippen MR) is 44.8 cm³/mol. The van der Waals surface area contributed by atoms with E-state index in [-0.39, 0.29) is 12.5 Å². The Labute approximate surface area is 76.9 Å². The lowest BCUT2D eigenvalue weighted by molar-refractivity contribution is -0.175. The lowest BCUT2D eigenvalue weighted by atomic mass is 10.1. The number of carbonyl (C=O) groups is 1. The molecule has 2 N–H and O–H groups in total. The third-order valence-corrected chi connectivity index (χ3v) is 1.86. The molecule has 13 heavy (non-hydrogen) atoms. The number of amides is 1. The topological polar surface area (TPSA) is 70.0 Å². The Bertz CT molecular complexity index is 199. The van der Waals surface area contributed by atoms with Crippen LogP contribution in [0.25, 0.3) is 0 Å². The molecule has 5 nitrogen and oxygen atoms in total. The van der Waals surface area contributed by atoms with E-state index in [1.165, 1.54) is 18.7 Å². The molecule has 1 fully saturated rings. The van der Waals surface area contributed by atoms with Gasteiger partial charge in [-0.3, -0.25) is 4.79 Å². The highest BCUT2D eigenvalue weighted by Crippen LogP contribution is 2.10. The number of nitrogens with zero attached hydrogens (tertiary/aromatic N) is 1. The molecular formula is C8H15NO4. The van der Waals surface area contributed by atoms with Gasteiger partial charge in [0, 0.05) is 6.54 Å². The van der Waals surface area contributed by atoms with Crippen LogP contribution >= 0.6 is 0 Å². The second-order valence-electron chi connectivity index (χ2n) is 3.64. The molecule has 76 valence electrons. The number of aliphatic hydroxyl groups is 2. The van der Waals surface area contributed by atoms with E-state index in [1.54, 1.807) is 0 Å². The van der Waals surface area contributed by atoms with Crippen molar-refractivity contribution in [2.24, 2.45) is 0 Å². The molecule has 0 spiro atoms. The quantitative estimate of drug-likeness (QED) is 0.551. The Hall–Kier alpha value is -0.650. The van der Waals surface area contributed by atoms with Gasteiger partial charge in [-0.2, -0.15) is 0 Å². The molecule has 1 atom stereocenters. The van der Waals surface area contributed by atoms with Crippen LogP contribution in [0.1, 0.15) is 13.8 Å². The maximum atomic E-state index is 11.5. The number of rotatable bonds is 1. The normalized spacial score (nSPS) is 24.6. The van der Waals surface area contributed by atoms with Gasteiger partial charge in [0.15, 0.2) is 6.29 Å². The molecule has 5 heteroatoms. The van der Waals surface area contributed by atoms with Crippen LogP contribution < -0.4 is 0 Å². The van der Waals surface area contributed by atoms with E-state index >= 15 is 0 Å². The molecule has 1 aliphatic heterocycles. The second kappa shape index (κ2) is 3.61. The summed E-state index contributed by atoms with van der Waals surface area (Å²) in [7, 11) is 0. The van der Waals surface area contributed by atoms with Gasteiger partial charge >= 0.3 is 0 Å². The van der Waals surface area contributed by atoms with Crippen molar-refractivity contribution < 1.29 is 19.7 Å². The first-order valence-corrected chi connectivity index (χ1v) is 4.22. The van der Waals surface area contributed by atoms with Gasteiger partial charge in [0.1, 0.15) is 5.60 Å². The minimum atomic E-state index is -1.38. The van der Waals surface area contributed by atoms with Gasteiger partial charge in [0.25, 0.3) is 5.91 Å². The highest BCUT2D eigenvalue weighted by molar-refractivity contribution is 5.84. The van der Waals surface area contributed by atoms with Crippen LogP contribution in [0.15, 0.2) is 0 Å². The second-order valence-corrected chi connectivity index (χ2v) is 3.64. The predicted octanol–water partition coefficient (Wildman–Crippen LogP) is -1.07. The molecule has 1 saturated heterocycles. The third-order valence-electron chi connectivity index (χ3n) is 1.86. The summed E-state index contributed by atoms with van der Waals surface area (Å²) < 4.78 is 4.85. The maximum absolute atomic E-state index is 11.5. The van der Waals surface area contributed by atoms with Crippen molar-refractivity contribution in [1.29, 1.82) is 0 Å². The Morgan fingerprint density at radius 3 is 2.69 bits per heavy atom. The molecule has 1 aliphatic rings. The molecule has 0 saturated carbocycles. The minimum Gasteiger partial charge on any atom is -0.381 e. The first-order valence-electron chi connectivity index (χ1n) is 4.22. The summed E-state index contributed by atoms with van der Waals surface area (Å²) in [5.41, 5.74) is -1.38. The molecule has 0 aliphatic carbocycles. The Kier molecular flexibility index (Phi) is 2.90. The molecule has 1 rings (SSSR count). The van der Waals surface area contributed by atoms with Gasteiger partial charge in [-0.05, 0) is 13.8 Å². The van der Waals surface area contributed by atoms with Crippen molar-refractivity contribution in [2.45, 2.75) is 25.7 Å².